The molecule has 3 aromatic carbocycles. The van der Waals surface area contributed by atoms with Gasteiger partial charge >= 0.3 is 0 Å². The lowest BCUT2D eigenvalue weighted by atomic mass is 9.94. The number of carbonyl (C=O) groups excluding carboxylic acids is 1. The van der Waals surface area contributed by atoms with Gasteiger partial charge in [-0.2, -0.15) is 10.1 Å². The highest BCUT2D eigenvalue weighted by Crippen LogP contribution is 2.36. The zero-order valence-corrected chi connectivity index (χ0v) is 19.0. The molecule has 0 unspecified atom stereocenters. The maximum atomic E-state index is 13.5. The molecule has 2 heterocycles. The van der Waals surface area contributed by atoms with Crippen LogP contribution in [0, 0.1) is 6.92 Å². The fraction of sp³-hybridized carbons (Fsp3) is 0.148. The maximum absolute atomic E-state index is 13.5. The molecule has 7 nitrogen and oxygen atoms in total. The number of nitrogens with zero attached hydrogens (tertiary/aromatic N) is 3. The van der Waals surface area contributed by atoms with Crippen LogP contribution in [0.1, 0.15) is 29.7 Å². The maximum Gasteiger partial charge on any atom is 0.255 e. The molecule has 4 aromatic rings. The van der Waals surface area contributed by atoms with Crippen molar-refractivity contribution in [2.75, 3.05) is 10.6 Å². The fourth-order valence-electron chi connectivity index (χ4n) is 4.11. The third-order valence-electron chi connectivity index (χ3n) is 5.85. The second-order valence-corrected chi connectivity index (χ2v) is 8.21. The van der Waals surface area contributed by atoms with Crippen molar-refractivity contribution in [3.05, 3.63) is 113 Å². The van der Waals surface area contributed by atoms with Gasteiger partial charge in [-0.1, -0.05) is 60.7 Å². The first-order valence-corrected chi connectivity index (χ1v) is 11.1. The standard InChI is InChI=1S/C27H25N5O2/c1-18-9-6-7-14-23(18)31-26(33)24-19(2)30-27-28-17-29-32(27)25(24)21-12-8-13-22(15-21)34-16-20-10-4-3-5-11-20/h3-15,17,25H,16H2,1-2H3,(H,31,33)(H,28,29,30)/t25-/m1/s1. The molecule has 5 rings (SSSR count). The molecule has 1 amide bonds. The number of fused-ring (bicyclic) bond motifs is 1. The van der Waals surface area contributed by atoms with Gasteiger partial charge in [0.25, 0.3) is 5.91 Å². The van der Waals surface area contributed by atoms with Gasteiger partial charge in [0.2, 0.25) is 5.95 Å². The van der Waals surface area contributed by atoms with Crippen LogP contribution in [0.3, 0.4) is 0 Å². The Morgan fingerprint density at radius 1 is 1.03 bits per heavy atom. The summed E-state index contributed by atoms with van der Waals surface area (Å²) in [5, 5.41) is 10.7. The normalized spacial score (nSPS) is 14.8. The number of carbonyl (C=O) groups is 1. The monoisotopic (exact) mass is 451 g/mol. The number of nitrogens with one attached hydrogen (secondary N) is 2. The third kappa shape index (κ3) is 4.28. The lowest BCUT2D eigenvalue weighted by molar-refractivity contribution is -0.113. The lowest BCUT2D eigenvalue weighted by Crippen LogP contribution is -2.31. The van der Waals surface area contributed by atoms with Gasteiger partial charge in [-0.05, 0) is 48.7 Å². The number of amides is 1. The third-order valence-corrected chi connectivity index (χ3v) is 5.85. The van der Waals surface area contributed by atoms with Crippen molar-refractivity contribution in [3.63, 3.8) is 0 Å². The molecule has 0 bridgehead atoms. The van der Waals surface area contributed by atoms with Crippen molar-refractivity contribution in [2.24, 2.45) is 0 Å². The Balaban J connectivity index is 1.48. The second-order valence-electron chi connectivity index (χ2n) is 8.21. The van der Waals surface area contributed by atoms with Gasteiger partial charge in [-0.15, -0.1) is 0 Å². The van der Waals surface area contributed by atoms with Gasteiger partial charge < -0.3 is 15.4 Å². The van der Waals surface area contributed by atoms with E-state index in [9.17, 15) is 4.79 Å². The van der Waals surface area contributed by atoms with Crippen molar-refractivity contribution >= 4 is 17.5 Å². The first-order valence-electron chi connectivity index (χ1n) is 11.1. The first kappa shape index (κ1) is 21.5. The molecular weight excluding hydrogens is 426 g/mol. The number of allylic oxidation sites excluding steroid dienone is 1. The van der Waals surface area contributed by atoms with Gasteiger partial charge in [0, 0.05) is 11.4 Å². The van der Waals surface area contributed by atoms with Crippen LogP contribution in [-0.4, -0.2) is 20.7 Å². The summed E-state index contributed by atoms with van der Waals surface area (Å²) >= 11 is 0. The molecule has 7 heteroatoms. The van der Waals surface area contributed by atoms with E-state index in [4.69, 9.17) is 4.74 Å². The minimum atomic E-state index is -0.456. The average Bonchev–Trinajstić information content (AvgIpc) is 3.32. The molecule has 0 saturated heterocycles. The average molecular weight is 452 g/mol. The van der Waals surface area contributed by atoms with Crippen LogP contribution in [0.15, 0.2) is 96.5 Å². The zero-order chi connectivity index (χ0) is 23.5. The van der Waals surface area contributed by atoms with Crippen LogP contribution < -0.4 is 15.4 Å². The van der Waals surface area contributed by atoms with E-state index in [2.05, 4.69) is 20.7 Å². The number of hydrogen-bond donors (Lipinski definition) is 2. The van der Waals surface area contributed by atoms with Crippen LogP contribution in [0.4, 0.5) is 11.6 Å². The van der Waals surface area contributed by atoms with Crippen molar-refractivity contribution in [3.8, 4) is 5.75 Å². The van der Waals surface area contributed by atoms with Crippen molar-refractivity contribution < 1.29 is 9.53 Å². The minimum absolute atomic E-state index is 0.193. The smallest absolute Gasteiger partial charge is 0.255 e. The van der Waals surface area contributed by atoms with E-state index in [1.165, 1.54) is 6.33 Å². The first-order chi connectivity index (χ1) is 16.6. The summed E-state index contributed by atoms with van der Waals surface area (Å²) in [6.45, 7) is 4.31. The van der Waals surface area contributed by atoms with Gasteiger partial charge in [0.05, 0.1) is 5.57 Å². The summed E-state index contributed by atoms with van der Waals surface area (Å²) in [6, 6.07) is 25.1. The van der Waals surface area contributed by atoms with E-state index in [0.717, 1.165) is 33.8 Å². The number of para-hydroxylation sites is 1. The number of hydrogen-bond acceptors (Lipinski definition) is 5. The summed E-state index contributed by atoms with van der Waals surface area (Å²) in [7, 11) is 0. The number of rotatable bonds is 6. The number of benzene rings is 3. The Kier molecular flexibility index (Phi) is 5.82. The lowest BCUT2D eigenvalue weighted by Gasteiger charge is -2.29. The SMILES string of the molecule is CC1=C(C(=O)Nc2ccccc2C)[C@@H](c2cccc(OCc3ccccc3)c2)n2ncnc2N1. The quantitative estimate of drug-likeness (QED) is 0.427. The Morgan fingerprint density at radius 2 is 1.82 bits per heavy atom. The van der Waals surface area contributed by atoms with E-state index >= 15 is 0 Å². The fourth-order valence-corrected chi connectivity index (χ4v) is 4.11. The van der Waals surface area contributed by atoms with Gasteiger partial charge in [-0.3, -0.25) is 4.79 Å². The van der Waals surface area contributed by atoms with E-state index in [0.29, 0.717) is 18.1 Å². The number of ether oxygens (including phenoxy) is 1. The topological polar surface area (TPSA) is 81.1 Å². The van der Waals surface area contributed by atoms with Crippen molar-refractivity contribution in [2.45, 2.75) is 26.5 Å². The molecular formula is C27H25N5O2. The highest BCUT2D eigenvalue weighted by Gasteiger charge is 2.33. The van der Waals surface area contributed by atoms with E-state index < -0.39 is 6.04 Å². The molecule has 0 fully saturated rings. The van der Waals surface area contributed by atoms with Gasteiger partial charge in [0.1, 0.15) is 24.7 Å². The molecule has 1 aliphatic rings. The molecule has 1 aliphatic heterocycles. The number of aryl methyl sites for hydroxylation is 1. The predicted octanol–water partition coefficient (Wildman–Crippen LogP) is 5.09. The molecule has 1 atom stereocenters. The van der Waals surface area contributed by atoms with Gasteiger partial charge in [-0.25, -0.2) is 4.68 Å². The Hall–Kier alpha value is -4.39. The van der Waals surface area contributed by atoms with Crippen molar-refractivity contribution in [1.82, 2.24) is 14.8 Å². The van der Waals surface area contributed by atoms with Crippen LogP contribution in [0.5, 0.6) is 5.75 Å². The Morgan fingerprint density at radius 3 is 2.65 bits per heavy atom. The molecule has 0 spiro atoms. The van der Waals surface area contributed by atoms with Crippen LogP contribution >= 0.6 is 0 Å². The molecule has 34 heavy (non-hydrogen) atoms. The molecule has 0 radical (unpaired) electrons. The minimum Gasteiger partial charge on any atom is -0.489 e. The number of aromatic nitrogens is 3. The summed E-state index contributed by atoms with van der Waals surface area (Å²) in [6.07, 6.45) is 1.49. The highest BCUT2D eigenvalue weighted by atomic mass is 16.5. The van der Waals surface area contributed by atoms with Gasteiger partial charge in [0.15, 0.2) is 0 Å². The van der Waals surface area contributed by atoms with Crippen LogP contribution in [-0.2, 0) is 11.4 Å². The van der Waals surface area contributed by atoms with E-state index in [1.807, 2.05) is 92.7 Å². The summed E-state index contributed by atoms with van der Waals surface area (Å²) < 4.78 is 7.78. The van der Waals surface area contributed by atoms with E-state index in [1.54, 1.807) is 4.68 Å². The Bertz CT molecular complexity index is 1360. The summed E-state index contributed by atoms with van der Waals surface area (Å²) in [5.74, 6) is 1.12. The van der Waals surface area contributed by atoms with Crippen LogP contribution in [0.25, 0.3) is 0 Å². The molecule has 0 saturated carbocycles. The van der Waals surface area contributed by atoms with E-state index in [-0.39, 0.29) is 5.91 Å². The zero-order valence-electron chi connectivity index (χ0n) is 19.0. The second kappa shape index (κ2) is 9.23. The molecule has 170 valence electrons. The molecule has 0 aliphatic carbocycles. The van der Waals surface area contributed by atoms with Crippen molar-refractivity contribution in [1.29, 1.82) is 0 Å². The molecule has 2 N–H and O–H groups in total. The molecule has 1 aromatic heterocycles. The highest BCUT2D eigenvalue weighted by molar-refractivity contribution is 6.06. The largest absolute Gasteiger partial charge is 0.489 e. The van der Waals surface area contributed by atoms with Crippen LogP contribution in [0.2, 0.25) is 0 Å². The summed E-state index contributed by atoms with van der Waals surface area (Å²) in [4.78, 5) is 17.9. The Labute approximate surface area is 198 Å². The number of anilines is 2. The predicted molar refractivity (Wildman–Crippen MR) is 132 cm³/mol. The summed E-state index contributed by atoms with van der Waals surface area (Å²) in [5.41, 5.74) is 5.03.